The molecule has 2 aromatic rings. The van der Waals surface area contributed by atoms with E-state index in [4.69, 9.17) is 4.74 Å². The third kappa shape index (κ3) is 2.34. The molecule has 3 heteroatoms. The number of ether oxygens (including phenoxy) is 1. The lowest BCUT2D eigenvalue weighted by molar-refractivity contribution is 0.117. The first kappa shape index (κ1) is 12.2. The van der Waals surface area contributed by atoms with Gasteiger partial charge in [-0.05, 0) is 30.5 Å². The molecule has 98 valence electrons. The SMILES string of the molecule is Cc1cncc(C(O)C2CCOc3ccccc32)c1. The van der Waals surface area contributed by atoms with Crippen molar-refractivity contribution in [2.24, 2.45) is 0 Å². The summed E-state index contributed by atoms with van der Waals surface area (Å²) in [6.07, 6.45) is 3.84. The van der Waals surface area contributed by atoms with E-state index < -0.39 is 6.10 Å². The molecule has 19 heavy (non-hydrogen) atoms. The van der Waals surface area contributed by atoms with Crippen molar-refractivity contribution < 1.29 is 9.84 Å². The fraction of sp³-hybridized carbons (Fsp3) is 0.312. The largest absolute Gasteiger partial charge is 0.493 e. The van der Waals surface area contributed by atoms with Gasteiger partial charge in [-0.2, -0.15) is 0 Å². The topological polar surface area (TPSA) is 42.4 Å². The quantitative estimate of drug-likeness (QED) is 0.897. The molecule has 1 aliphatic heterocycles. The maximum atomic E-state index is 10.6. The highest BCUT2D eigenvalue weighted by molar-refractivity contribution is 5.39. The first-order valence-electron chi connectivity index (χ1n) is 6.57. The Morgan fingerprint density at radius 3 is 3.00 bits per heavy atom. The van der Waals surface area contributed by atoms with Gasteiger partial charge in [0.25, 0.3) is 0 Å². The first-order chi connectivity index (χ1) is 9.25. The number of aromatic nitrogens is 1. The predicted octanol–water partition coefficient (Wildman–Crippen LogP) is 2.99. The zero-order valence-electron chi connectivity index (χ0n) is 10.9. The van der Waals surface area contributed by atoms with Crippen LogP contribution in [0.2, 0.25) is 0 Å². The molecule has 3 rings (SSSR count). The van der Waals surface area contributed by atoms with E-state index in [-0.39, 0.29) is 5.92 Å². The van der Waals surface area contributed by atoms with E-state index in [9.17, 15) is 5.11 Å². The van der Waals surface area contributed by atoms with E-state index >= 15 is 0 Å². The molecule has 3 nitrogen and oxygen atoms in total. The second-order valence-electron chi connectivity index (χ2n) is 5.02. The second kappa shape index (κ2) is 5.02. The normalized spacial score (nSPS) is 19.4. The fourth-order valence-corrected chi connectivity index (χ4v) is 2.67. The lowest BCUT2D eigenvalue weighted by Gasteiger charge is -2.29. The minimum atomic E-state index is -0.530. The van der Waals surface area contributed by atoms with Crippen LogP contribution in [0.5, 0.6) is 5.75 Å². The van der Waals surface area contributed by atoms with Gasteiger partial charge in [-0.25, -0.2) is 0 Å². The van der Waals surface area contributed by atoms with Crippen LogP contribution < -0.4 is 4.74 Å². The molecule has 0 radical (unpaired) electrons. The summed E-state index contributed by atoms with van der Waals surface area (Å²) >= 11 is 0. The van der Waals surface area contributed by atoms with Crippen LogP contribution in [0.25, 0.3) is 0 Å². The zero-order chi connectivity index (χ0) is 13.2. The maximum absolute atomic E-state index is 10.6. The Kier molecular flexibility index (Phi) is 3.22. The van der Waals surface area contributed by atoms with Gasteiger partial charge in [0.15, 0.2) is 0 Å². The van der Waals surface area contributed by atoms with Crippen molar-refractivity contribution in [2.45, 2.75) is 25.4 Å². The number of hydrogen-bond donors (Lipinski definition) is 1. The van der Waals surface area contributed by atoms with E-state index in [1.807, 2.05) is 37.3 Å². The van der Waals surface area contributed by atoms with Gasteiger partial charge in [0.2, 0.25) is 0 Å². The number of benzene rings is 1. The van der Waals surface area contributed by atoms with Gasteiger partial charge >= 0.3 is 0 Å². The monoisotopic (exact) mass is 255 g/mol. The standard InChI is InChI=1S/C16H17NO2/c1-11-8-12(10-17-9-11)16(18)14-6-7-19-15-5-3-2-4-13(14)15/h2-5,8-10,14,16,18H,6-7H2,1H3. The van der Waals surface area contributed by atoms with Crippen LogP contribution in [0.15, 0.2) is 42.7 Å². The van der Waals surface area contributed by atoms with Crippen LogP contribution >= 0.6 is 0 Å². The summed E-state index contributed by atoms with van der Waals surface area (Å²) in [5.74, 6) is 0.965. The van der Waals surface area contributed by atoms with Gasteiger partial charge in [0, 0.05) is 23.9 Å². The van der Waals surface area contributed by atoms with Crippen molar-refractivity contribution in [3.63, 3.8) is 0 Å². The molecule has 0 saturated heterocycles. The Morgan fingerprint density at radius 2 is 2.16 bits per heavy atom. The van der Waals surface area contributed by atoms with Gasteiger partial charge in [-0.15, -0.1) is 0 Å². The van der Waals surface area contributed by atoms with Gasteiger partial charge < -0.3 is 9.84 Å². The third-order valence-electron chi connectivity index (χ3n) is 3.62. The minimum absolute atomic E-state index is 0.0774. The molecular formula is C16H17NO2. The molecular weight excluding hydrogens is 238 g/mol. The van der Waals surface area contributed by atoms with Crippen LogP contribution in [-0.2, 0) is 0 Å². The lowest BCUT2D eigenvalue weighted by Crippen LogP contribution is -2.20. The van der Waals surface area contributed by atoms with Crippen LogP contribution in [0.1, 0.15) is 35.1 Å². The fourth-order valence-electron chi connectivity index (χ4n) is 2.67. The predicted molar refractivity (Wildman–Crippen MR) is 73.2 cm³/mol. The summed E-state index contributed by atoms with van der Waals surface area (Å²) < 4.78 is 5.64. The summed E-state index contributed by atoms with van der Waals surface area (Å²) in [5.41, 5.74) is 3.03. The zero-order valence-corrected chi connectivity index (χ0v) is 10.9. The van der Waals surface area contributed by atoms with E-state index in [1.165, 1.54) is 0 Å². The van der Waals surface area contributed by atoms with Gasteiger partial charge in [0.05, 0.1) is 12.7 Å². The third-order valence-corrected chi connectivity index (χ3v) is 3.62. The van der Waals surface area contributed by atoms with Crippen molar-refractivity contribution in [3.05, 3.63) is 59.4 Å². The summed E-state index contributed by atoms with van der Waals surface area (Å²) in [5, 5.41) is 10.6. The molecule has 0 bridgehead atoms. The van der Waals surface area contributed by atoms with Crippen molar-refractivity contribution in [1.29, 1.82) is 0 Å². The number of hydrogen-bond acceptors (Lipinski definition) is 3. The number of aliphatic hydroxyl groups is 1. The average Bonchev–Trinajstić information content (AvgIpc) is 2.46. The highest BCUT2D eigenvalue weighted by Crippen LogP contribution is 2.41. The highest BCUT2D eigenvalue weighted by Gasteiger charge is 2.28. The van der Waals surface area contributed by atoms with Crippen molar-refractivity contribution in [1.82, 2.24) is 4.98 Å². The van der Waals surface area contributed by atoms with Crippen molar-refractivity contribution in [2.75, 3.05) is 6.61 Å². The smallest absolute Gasteiger partial charge is 0.122 e. The molecule has 1 aliphatic rings. The molecule has 0 aliphatic carbocycles. The van der Waals surface area contributed by atoms with Gasteiger partial charge in [-0.1, -0.05) is 24.3 Å². The molecule has 0 spiro atoms. The van der Waals surface area contributed by atoms with Crippen molar-refractivity contribution in [3.8, 4) is 5.75 Å². The molecule has 0 saturated carbocycles. The summed E-state index contributed by atoms with van der Waals surface area (Å²) in [6, 6.07) is 9.94. The molecule has 2 heterocycles. The minimum Gasteiger partial charge on any atom is -0.493 e. The average molecular weight is 255 g/mol. The summed E-state index contributed by atoms with van der Waals surface area (Å²) in [6.45, 7) is 2.64. The van der Waals surface area contributed by atoms with Crippen molar-refractivity contribution >= 4 is 0 Å². The van der Waals surface area contributed by atoms with E-state index in [0.717, 1.165) is 28.9 Å². The Bertz CT molecular complexity index is 582. The van der Waals surface area contributed by atoms with Crippen LogP contribution in [0.4, 0.5) is 0 Å². The van der Waals surface area contributed by atoms with E-state index in [1.54, 1.807) is 12.4 Å². The highest BCUT2D eigenvalue weighted by atomic mass is 16.5. The number of aryl methyl sites for hydroxylation is 1. The van der Waals surface area contributed by atoms with E-state index in [2.05, 4.69) is 4.98 Å². The molecule has 0 amide bonds. The van der Waals surface area contributed by atoms with Crippen LogP contribution in [0, 0.1) is 6.92 Å². The number of aliphatic hydroxyl groups excluding tert-OH is 1. The summed E-state index contributed by atoms with van der Waals surface area (Å²) in [4.78, 5) is 4.16. The van der Waals surface area contributed by atoms with Gasteiger partial charge in [-0.3, -0.25) is 4.98 Å². The summed E-state index contributed by atoms with van der Waals surface area (Å²) in [7, 11) is 0. The Balaban J connectivity index is 1.95. The molecule has 1 N–H and O–H groups in total. The molecule has 1 aromatic heterocycles. The second-order valence-corrected chi connectivity index (χ2v) is 5.02. The maximum Gasteiger partial charge on any atom is 0.122 e. The Morgan fingerprint density at radius 1 is 1.32 bits per heavy atom. The van der Waals surface area contributed by atoms with E-state index in [0.29, 0.717) is 6.61 Å². The first-order valence-corrected chi connectivity index (χ1v) is 6.57. The van der Waals surface area contributed by atoms with Crippen LogP contribution in [-0.4, -0.2) is 16.7 Å². The number of nitrogens with zero attached hydrogens (tertiary/aromatic N) is 1. The molecule has 2 unspecified atom stereocenters. The number of fused-ring (bicyclic) bond motifs is 1. The Hall–Kier alpha value is -1.87. The molecule has 0 fully saturated rings. The lowest BCUT2D eigenvalue weighted by atomic mass is 9.85. The molecule has 1 aromatic carbocycles. The Labute approximate surface area is 112 Å². The number of rotatable bonds is 2. The molecule has 2 atom stereocenters. The van der Waals surface area contributed by atoms with Gasteiger partial charge in [0.1, 0.15) is 5.75 Å². The number of pyridine rings is 1. The van der Waals surface area contributed by atoms with Crippen LogP contribution in [0.3, 0.4) is 0 Å². The number of para-hydroxylation sites is 1.